The van der Waals surface area contributed by atoms with Crippen molar-refractivity contribution in [1.82, 2.24) is 0 Å². The van der Waals surface area contributed by atoms with Gasteiger partial charge in [0.1, 0.15) is 11.6 Å². The molecule has 2 rings (SSSR count). The molecule has 0 atom stereocenters. The minimum absolute atomic E-state index is 0.217. The number of hydrogen-bond donors (Lipinski definition) is 1. The van der Waals surface area contributed by atoms with E-state index in [0.29, 0.717) is 6.54 Å². The van der Waals surface area contributed by atoms with Crippen LogP contribution in [-0.4, -0.2) is 6.61 Å². The van der Waals surface area contributed by atoms with Crippen molar-refractivity contribution < 1.29 is 9.13 Å². The number of unbranched alkanes of at least 4 members (excludes halogenated alkanes) is 2. The van der Waals surface area contributed by atoms with Crippen molar-refractivity contribution in [2.75, 3.05) is 11.9 Å². The van der Waals surface area contributed by atoms with Crippen LogP contribution in [0.25, 0.3) is 0 Å². The van der Waals surface area contributed by atoms with Crippen LogP contribution in [0, 0.1) is 5.82 Å². The maximum atomic E-state index is 12.8. The van der Waals surface area contributed by atoms with Crippen LogP contribution in [0.2, 0.25) is 0 Å². The molecule has 0 bridgehead atoms. The van der Waals surface area contributed by atoms with Gasteiger partial charge in [-0.3, -0.25) is 0 Å². The van der Waals surface area contributed by atoms with E-state index in [4.69, 9.17) is 4.74 Å². The molecule has 0 amide bonds. The highest BCUT2D eigenvalue weighted by molar-refractivity contribution is 5.43. The van der Waals surface area contributed by atoms with Gasteiger partial charge in [0.05, 0.1) is 6.61 Å². The number of benzene rings is 2. The number of ether oxygens (including phenoxy) is 1. The molecule has 0 aliphatic carbocycles. The molecule has 2 aromatic rings. The zero-order chi connectivity index (χ0) is 14.9. The van der Waals surface area contributed by atoms with Gasteiger partial charge in [-0.1, -0.05) is 31.9 Å². The molecule has 21 heavy (non-hydrogen) atoms. The minimum Gasteiger partial charge on any atom is -0.494 e. The van der Waals surface area contributed by atoms with E-state index < -0.39 is 0 Å². The SMILES string of the molecule is CCCCCOc1ccc(CNc2ccc(F)cc2)cc1. The van der Waals surface area contributed by atoms with E-state index >= 15 is 0 Å². The third-order valence-electron chi connectivity index (χ3n) is 3.28. The lowest BCUT2D eigenvalue weighted by atomic mass is 10.2. The Morgan fingerprint density at radius 1 is 0.952 bits per heavy atom. The third-order valence-corrected chi connectivity index (χ3v) is 3.28. The van der Waals surface area contributed by atoms with Gasteiger partial charge in [-0.05, 0) is 48.4 Å². The first-order valence-corrected chi connectivity index (χ1v) is 7.49. The average molecular weight is 287 g/mol. The second-order valence-corrected chi connectivity index (χ2v) is 5.06. The molecule has 0 unspecified atom stereocenters. The number of halogens is 1. The second-order valence-electron chi connectivity index (χ2n) is 5.06. The smallest absolute Gasteiger partial charge is 0.123 e. The van der Waals surface area contributed by atoms with E-state index in [9.17, 15) is 4.39 Å². The highest BCUT2D eigenvalue weighted by Gasteiger charge is 1.97. The summed E-state index contributed by atoms with van der Waals surface area (Å²) in [7, 11) is 0. The molecule has 0 saturated carbocycles. The molecule has 0 fully saturated rings. The summed E-state index contributed by atoms with van der Waals surface area (Å²) < 4.78 is 18.5. The summed E-state index contributed by atoms with van der Waals surface area (Å²) in [6, 6.07) is 14.5. The number of nitrogens with one attached hydrogen (secondary N) is 1. The third kappa shape index (κ3) is 5.46. The lowest BCUT2D eigenvalue weighted by molar-refractivity contribution is 0.306. The molecular formula is C18H22FNO. The number of hydrogen-bond acceptors (Lipinski definition) is 2. The van der Waals surface area contributed by atoms with Crippen molar-refractivity contribution in [3.8, 4) is 5.75 Å². The molecule has 112 valence electrons. The van der Waals surface area contributed by atoms with Crippen LogP contribution >= 0.6 is 0 Å². The maximum Gasteiger partial charge on any atom is 0.123 e. The van der Waals surface area contributed by atoms with Crippen LogP contribution in [0.15, 0.2) is 48.5 Å². The Balaban J connectivity index is 1.78. The summed E-state index contributed by atoms with van der Waals surface area (Å²) in [6.07, 6.45) is 3.52. The van der Waals surface area contributed by atoms with Crippen molar-refractivity contribution in [3.05, 3.63) is 59.9 Å². The van der Waals surface area contributed by atoms with Gasteiger partial charge >= 0.3 is 0 Å². The first-order chi connectivity index (χ1) is 10.3. The van der Waals surface area contributed by atoms with Crippen LogP contribution < -0.4 is 10.1 Å². The summed E-state index contributed by atoms with van der Waals surface area (Å²) in [5.41, 5.74) is 2.08. The fourth-order valence-electron chi connectivity index (χ4n) is 2.02. The van der Waals surface area contributed by atoms with Gasteiger partial charge in [0, 0.05) is 12.2 Å². The molecule has 0 aliphatic heterocycles. The fraction of sp³-hybridized carbons (Fsp3) is 0.333. The van der Waals surface area contributed by atoms with Crippen LogP contribution in [-0.2, 0) is 6.54 Å². The van der Waals surface area contributed by atoms with E-state index in [1.807, 2.05) is 24.3 Å². The molecule has 0 heterocycles. The molecule has 3 heteroatoms. The monoisotopic (exact) mass is 287 g/mol. The Morgan fingerprint density at radius 2 is 1.67 bits per heavy atom. The molecule has 0 saturated heterocycles. The number of rotatable bonds is 8. The Hall–Kier alpha value is -2.03. The molecule has 0 aromatic heterocycles. The van der Waals surface area contributed by atoms with Crippen LogP contribution in [0.3, 0.4) is 0 Å². The lowest BCUT2D eigenvalue weighted by Gasteiger charge is -2.09. The average Bonchev–Trinajstić information content (AvgIpc) is 2.52. The predicted molar refractivity (Wildman–Crippen MR) is 85.2 cm³/mol. The lowest BCUT2D eigenvalue weighted by Crippen LogP contribution is -2.00. The van der Waals surface area contributed by atoms with E-state index in [2.05, 4.69) is 12.2 Å². The molecule has 2 nitrogen and oxygen atoms in total. The molecule has 0 aliphatic rings. The van der Waals surface area contributed by atoms with Crippen molar-refractivity contribution in [1.29, 1.82) is 0 Å². The molecule has 0 radical (unpaired) electrons. The normalized spacial score (nSPS) is 10.4. The Labute approximate surface area is 126 Å². The largest absolute Gasteiger partial charge is 0.494 e. The fourth-order valence-corrected chi connectivity index (χ4v) is 2.02. The van der Waals surface area contributed by atoms with Gasteiger partial charge in [0.15, 0.2) is 0 Å². The van der Waals surface area contributed by atoms with Gasteiger partial charge in [-0.2, -0.15) is 0 Å². The summed E-state index contributed by atoms with van der Waals surface area (Å²) in [5.74, 6) is 0.696. The quantitative estimate of drug-likeness (QED) is 0.689. The summed E-state index contributed by atoms with van der Waals surface area (Å²) in [6.45, 7) is 3.67. The Kier molecular flexibility index (Phi) is 6.07. The maximum absolute atomic E-state index is 12.8. The molecule has 0 spiro atoms. The summed E-state index contributed by atoms with van der Waals surface area (Å²) in [5, 5.41) is 3.26. The molecular weight excluding hydrogens is 265 g/mol. The van der Waals surface area contributed by atoms with E-state index in [1.165, 1.54) is 30.5 Å². The minimum atomic E-state index is -0.217. The first kappa shape index (κ1) is 15.4. The standard InChI is InChI=1S/C18H22FNO/c1-2-3-4-13-21-18-11-5-15(6-12-18)14-20-17-9-7-16(19)8-10-17/h5-12,20H,2-4,13-14H2,1H3. The van der Waals surface area contributed by atoms with Crippen LogP contribution in [0.4, 0.5) is 10.1 Å². The Bertz CT molecular complexity index is 522. The van der Waals surface area contributed by atoms with Gasteiger partial charge in [0.25, 0.3) is 0 Å². The zero-order valence-corrected chi connectivity index (χ0v) is 12.4. The van der Waals surface area contributed by atoms with Gasteiger partial charge < -0.3 is 10.1 Å². The first-order valence-electron chi connectivity index (χ1n) is 7.49. The highest BCUT2D eigenvalue weighted by Crippen LogP contribution is 2.15. The highest BCUT2D eigenvalue weighted by atomic mass is 19.1. The topological polar surface area (TPSA) is 21.3 Å². The number of anilines is 1. The molecule has 1 N–H and O–H groups in total. The summed E-state index contributed by atoms with van der Waals surface area (Å²) in [4.78, 5) is 0. The second kappa shape index (κ2) is 8.30. The van der Waals surface area contributed by atoms with Gasteiger partial charge in [0.2, 0.25) is 0 Å². The van der Waals surface area contributed by atoms with E-state index in [-0.39, 0.29) is 5.82 Å². The van der Waals surface area contributed by atoms with Crippen LogP contribution in [0.5, 0.6) is 5.75 Å². The van der Waals surface area contributed by atoms with Gasteiger partial charge in [-0.15, -0.1) is 0 Å². The van der Waals surface area contributed by atoms with E-state index in [1.54, 1.807) is 12.1 Å². The van der Waals surface area contributed by atoms with E-state index in [0.717, 1.165) is 24.5 Å². The Morgan fingerprint density at radius 3 is 2.33 bits per heavy atom. The van der Waals surface area contributed by atoms with Crippen molar-refractivity contribution in [2.45, 2.75) is 32.7 Å². The van der Waals surface area contributed by atoms with Crippen molar-refractivity contribution in [3.63, 3.8) is 0 Å². The summed E-state index contributed by atoms with van der Waals surface area (Å²) >= 11 is 0. The predicted octanol–water partition coefficient (Wildman–Crippen LogP) is 5.01. The van der Waals surface area contributed by atoms with Crippen LogP contribution in [0.1, 0.15) is 31.7 Å². The molecule has 2 aromatic carbocycles. The van der Waals surface area contributed by atoms with Gasteiger partial charge in [-0.25, -0.2) is 4.39 Å². The van der Waals surface area contributed by atoms with Crippen molar-refractivity contribution in [2.24, 2.45) is 0 Å². The zero-order valence-electron chi connectivity index (χ0n) is 12.4. The van der Waals surface area contributed by atoms with Crippen molar-refractivity contribution >= 4 is 5.69 Å².